The maximum absolute atomic E-state index is 11.5. The zero-order valence-electron chi connectivity index (χ0n) is 8.33. The molecule has 1 aromatic heterocycles. The molecule has 1 rings (SSSR count). The van der Waals surface area contributed by atoms with Gasteiger partial charge in [-0.3, -0.25) is 4.79 Å². The van der Waals surface area contributed by atoms with Crippen LogP contribution in [0.15, 0.2) is 16.5 Å². The van der Waals surface area contributed by atoms with Gasteiger partial charge >= 0.3 is 0 Å². The van der Waals surface area contributed by atoms with Crippen LogP contribution in [0.2, 0.25) is 0 Å². The summed E-state index contributed by atoms with van der Waals surface area (Å²) in [5, 5.41) is 2.68. The van der Waals surface area contributed by atoms with Crippen LogP contribution in [-0.4, -0.2) is 11.9 Å². The van der Waals surface area contributed by atoms with E-state index in [9.17, 15) is 4.79 Å². The smallest absolute Gasteiger partial charge is 0.287 e. The molecule has 0 aromatic carbocycles. The van der Waals surface area contributed by atoms with E-state index < -0.39 is 0 Å². The summed E-state index contributed by atoms with van der Waals surface area (Å²) in [4.78, 5) is 11.5. The average Bonchev–Trinajstić information content (AvgIpc) is 2.61. The summed E-state index contributed by atoms with van der Waals surface area (Å²) in [5.41, 5.74) is 0. The van der Waals surface area contributed by atoms with Crippen LogP contribution < -0.4 is 5.32 Å². The number of carbonyl (C=O) groups is 1. The quantitative estimate of drug-likeness (QED) is 0.739. The van der Waals surface area contributed by atoms with Crippen LogP contribution in [0.25, 0.3) is 0 Å². The first kappa shape index (κ1) is 10.4. The van der Waals surface area contributed by atoms with Crippen molar-refractivity contribution < 1.29 is 9.21 Å². The lowest BCUT2D eigenvalue weighted by molar-refractivity contribution is 0.0916. The third kappa shape index (κ3) is 2.40. The molecule has 3 nitrogen and oxygen atoms in total. The number of furan rings is 1. The minimum atomic E-state index is -0.261. The van der Waals surface area contributed by atoms with E-state index in [-0.39, 0.29) is 11.9 Å². The number of terminal acetylenes is 1. The second-order valence-electron chi connectivity index (χ2n) is 3.01. The van der Waals surface area contributed by atoms with Gasteiger partial charge in [0.25, 0.3) is 5.91 Å². The number of rotatable bonds is 3. The summed E-state index contributed by atoms with van der Waals surface area (Å²) in [6.07, 6.45) is 5.93. The van der Waals surface area contributed by atoms with Gasteiger partial charge in [-0.1, -0.05) is 12.8 Å². The molecule has 1 N–H and O–H groups in total. The summed E-state index contributed by atoms with van der Waals surface area (Å²) >= 11 is 0. The number of carbonyl (C=O) groups excluding carboxylic acids is 1. The molecule has 0 aliphatic rings. The molecule has 0 fully saturated rings. The van der Waals surface area contributed by atoms with Crippen LogP contribution in [0.3, 0.4) is 0 Å². The van der Waals surface area contributed by atoms with Crippen molar-refractivity contribution in [2.24, 2.45) is 0 Å². The second-order valence-corrected chi connectivity index (χ2v) is 3.01. The van der Waals surface area contributed by atoms with Crippen LogP contribution in [0.4, 0.5) is 0 Å². The first-order valence-corrected chi connectivity index (χ1v) is 4.50. The molecule has 0 aliphatic heterocycles. The molecule has 0 saturated carbocycles. The fourth-order valence-corrected chi connectivity index (χ4v) is 1.05. The molecule has 1 heterocycles. The number of nitrogens with one attached hydrogen (secondary N) is 1. The molecule has 1 aromatic rings. The van der Waals surface area contributed by atoms with Crippen molar-refractivity contribution in [3.63, 3.8) is 0 Å². The molecule has 1 atom stereocenters. The molecule has 0 spiro atoms. The van der Waals surface area contributed by atoms with Gasteiger partial charge in [-0.05, 0) is 25.5 Å². The lowest BCUT2D eigenvalue weighted by atomic mass is 10.2. The maximum Gasteiger partial charge on any atom is 0.287 e. The van der Waals surface area contributed by atoms with Crippen molar-refractivity contribution in [3.05, 3.63) is 23.7 Å². The minimum absolute atomic E-state index is 0.229. The highest BCUT2D eigenvalue weighted by molar-refractivity contribution is 5.91. The third-order valence-electron chi connectivity index (χ3n) is 1.88. The van der Waals surface area contributed by atoms with Gasteiger partial charge in [0.1, 0.15) is 5.76 Å². The Bertz CT molecular complexity index is 360. The third-order valence-corrected chi connectivity index (χ3v) is 1.88. The Morgan fingerprint density at radius 2 is 2.43 bits per heavy atom. The highest BCUT2D eigenvalue weighted by atomic mass is 16.3. The predicted octanol–water partition coefficient (Wildman–Crippen LogP) is 1.73. The Balaban J connectivity index is 2.64. The number of hydrogen-bond acceptors (Lipinski definition) is 2. The lowest BCUT2D eigenvalue weighted by Gasteiger charge is -2.08. The van der Waals surface area contributed by atoms with Crippen LogP contribution in [0.1, 0.15) is 29.7 Å². The van der Waals surface area contributed by atoms with Crippen molar-refractivity contribution in [2.45, 2.75) is 26.3 Å². The maximum atomic E-state index is 11.5. The Labute approximate surface area is 83.5 Å². The largest absolute Gasteiger partial charge is 0.456 e. The summed E-state index contributed by atoms with van der Waals surface area (Å²) in [7, 11) is 0. The van der Waals surface area contributed by atoms with Crippen LogP contribution in [-0.2, 0) is 0 Å². The Hall–Kier alpha value is -1.69. The van der Waals surface area contributed by atoms with Gasteiger partial charge in [-0.15, -0.1) is 6.42 Å². The van der Waals surface area contributed by atoms with Gasteiger partial charge < -0.3 is 9.73 Å². The summed E-state index contributed by atoms with van der Waals surface area (Å²) in [6.45, 7) is 3.70. The lowest BCUT2D eigenvalue weighted by Crippen LogP contribution is -2.32. The van der Waals surface area contributed by atoms with Crippen LogP contribution >= 0.6 is 0 Å². The summed E-state index contributed by atoms with van der Waals surface area (Å²) in [5.74, 6) is 3.24. The minimum Gasteiger partial charge on any atom is -0.456 e. The van der Waals surface area contributed by atoms with E-state index in [1.165, 1.54) is 0 Å². The molecule has 0 bridgehead atoms. The predicted molar refractivity (Wildman–Crippen MR) is 53.8 cm³/mol. The topological polar surface area (TPSA) is 42.2 Å². The summed E-state index contributed by atoms with van der Waals surface area (Å²) < 4.78 is 5.15. The zero-order valence-corrected chi connectivity index (χ0v) is 8.33. The molecule has 14 heavy (non-hydrogen) atoms. The van der Waals surface area contributed by atoms with Crippen molar-refractivity contribution in [1.29, 1.82) is 0 Å². The van der Waals surface area contributed by atoms with Crippen molar-refractivity contribution in [3.8, 4) is 12.3 Å². The van der Waals surface area contributed by atoms with Gasteiger partial charge in [-0.25, -0.2) is 0 Å². The molecule has 0 saturated heterocycles. The molecular formula is C11H13NO2. The molecule has 3 heteroatoms. The number of amides is 1. The molecule has 1 amide bonds. The van der Waals surface area contributed by atoms with E-state index in [1.807, 2.05) is 6.92 Å². The van der Waals surface area contributed by atoms with Gasteiger partial charge in [-0.2, -0.15) is 0 Å². The number of aryl methyl sites for hydroxylation is 1. The van der Waals surface area contributed by atoms with Gasteiger partial charge in [0.2, 0.25) is 0 Å². The van der Waals surface area contributed by atoms with E-state index in [0.717, 1.165) is 0 Å². The SMILES string of the molecule is C#CC(CC)NC(=O)c1ccc(C)o1. The zero-order chi connectivity index (χ0) is 10.6. The fraction of sp³-hybridized carbons (Fsp3) is 0.364. The normalized spacial score (nSPS) is 11.8. The Morgan fingerprint density at radius 3 is 2.86 bits per heavy atom. The van der Waals surface area contributed by atoms with Crippen molar-refractivity contribution in [1.82, 2.24) is 5.32 Å². The fourth-order valence-electron chi connectivity index (χ4n) is 1.05. The molecule has 0 aliphatic carbocycles. The molecule has 74 valence electrons. The highest BCUT2D eigenvalue weighted by Crippen LogP contribution is 2.06. The average molecular weight is 191 g/mol. The first-order valence-electron chi connectivity index (χ1n) is 4.50. The Kier molecular flexibility index (Phi) is 3.35. The second kappa shape index (κ2) is 4.52. The van der Waals surface area contributed by atoms with Crippen molar-refractivity contribution >= 4 is 5.91 Å². The molecular weight excluding hydrogens is 178 g/mol. The van der Waals surface area contributed by atoms with E-state index in [0.29, 0.717) is 17.9 Å². The van der Waals surface area contributed by atoms with Crippen molar-refractivity contribution in [2.75, 3.05) is 0 Å². The van der Waals surface area contributed by atoms with E-state index >= 15 is 0 Å². The standard InChI is InChI=1S/C11H13NO2/c1-4-9(5-2)12-11(13)10-7-6-8(3)14-10/h1,6-7,9H,5H2,2-3H3,(H,12,13). The molecule has 0 radical (unpaired) electrons. The van der Waals surface area contributed by atoms with Gasteiger partial charge in [0.05, 0.1) is 6.04 Å². The van der Waals surface area contributed by atoms with Crippen LogP contribution in [0.5, 0.6) is 0 Å². The molecule has 1 unspecified atom stereocenters. The highest BCUT2D eigenvalue weighted by Gasteiger charge is 2.12. The van der Waals surface area contributed by atoms with E-state index in [4.69, 9.17) is 10.8 Å². The monoisotopic (exact) mass is 191 g/mol. The van der Waals surface area contributed by atoms with Crippen LogP contribution in [0, 0.1) is 19.3 Å². The van der Waals surface area contributed by atoms with Gasteiger partial charge in [0, 0.05) is 0 Å². The number of hydrogen-bond donors (Lipinski definition) is 1. The van der Waals surface area contributed by atoms with E-state index in [2.05, 4.69) is 11.2 Å². The van der Waals surface area contributed by atoms with E-state index in [1.54, 1.807) is 19.1 Å². The van der Waals surface area contributed by atoms with Gasteiger partial charge in [0.15, 0.2) is 5.76 Å². The summed E-state index contributed by atoms with van der Waals surface area (Å²) in [6, 6.07) is 3.15. The first-order chi connectivity index (χ1) is 6.67. The Morgan fingerprint density at radius 1 is 1.71 bits per heavy atom.